The summed E-state index contributed by atoms with van der Waals surface area (Å²) < 4.78 is 0. The summed E-state index contributed by atoms with van der Waals surface area (Å²) in [6.07, 6.45) is 1.30. The Kier molecular flexibility index (Phi) is 3.98. The molecule has 0 amide bonds. The topological polar surface area (TPSA) is 41.3 Å². The highest BCUT2D eigenvalue weighted by atomic mass is 35.5. The molecule has 0 aromatic heterocycles. The SMILES string of the molecule is CC1CC(CN)CN1C1CNC1.Cl. The van der Waals surface area contributed by atoms with Crippen molar-refractivity contribution in [1.29, 1.82) is 0 Å². The Morgan fingerprint density at radius 3 is 2.54 bits per heavy atom. The minimum Gasteiger partial charge on any atom is -0.330 e. The van der Waals surface area contributed by atoms with Gasteiger partial charge in [-0.15, -0.1) is 12.4 Å². The fourth-order valence-electron chi connectivity index (χ4n) is 2.36. The molecule has 2 aliphatic heterocycles. The largest absolute Gasteiger partial charge is 0.330 e. The molecule has 2 aliphatic rings. The van der Waals surface area contributed by atoms with Gasteiger partial charge < -0.3 is 11.1 Å². The van der Waals surface area contributed by atoms with Crippen LogP contribution in [0.25, 0.3) is 0 Å². The van der Waals surface area contributed by atoms with Crippen LogP contribution < -0.4 is 11.1 Å². The minimum absolute atomic E-state index is 0. The molecule has 2 rings (SSSR count). The Bertz CT molecular complexity index is 161. The van der Waals surface area contributed by atoms with Gasteiger partial charge in [0.1, 0.15) is 0 Å². The van der Waals surface area contributed by atoms with Gasteiger partial charge in [-0.2, -0.15) is 0 Å². The number of hydrogen-bond donors (Lipinski definition) is 2. The van der Waals surface area contributed by atoms with Crippen molar-refractivity contribution in [1.82, 2.24) is 10.2 Å². The second-order valence-corrected chi connectivity index (χ2v) is 4.20. The van der Waals surface area contributed by atoms with E-state index in [1.807, 2.05) is 0 Å². The molecular formula is C9H20ClN3. The summed E-state index contributed by atoms with van der Waals surface area (Å²) in [6, 6.07) is 1.56. The first-order valence-electron chi connectivity index (χ1n) is 4.97. The lowest BCUT2D eigenvalue weighted by molar-refractivity contribution is 0.137. The number of nitrogens with two attached hydrogens (primary N) is 1. The van der Waals surface area contributed by atoms with Crippen molar-refractivity contribution in [3.8, 4) is 0 Å². The van der Waals surface area contributed by atoms with Crippen molar-refractivity contribution < 1.29 is 0 Å². The normalized spacial score (nSPS) is 35.5. The zero-order valence-corrected chi connectivity index (χ0v) is 9.02. The molecule has 0 aromatic rings. The van der Waals surface area contributed by atoms with Gasteiger partial charge in [-0.1, -0.05) is 0 Å². The van der Waals surface area contributed by atoms with Gasteiger partial charge in [-0.05, 0) is 25.8 Å². The Labute approximate surface area is 86.4 Å². The first-order valence-corrected chi connectivity index (χ1v) is 4.97. The van der Waals surface area contributed by atoms with Crippen LogP contribution in [-0.4, -0.2) is 43.2 Å². The lowest BCUT2D eigenvalue weighted by Gasteiger charge is -2.38. The second kappa shape index (κ2) is 4.60. The summed E-state index contributed by atoms with van der Waals surface area (Å²) in [5, 5.41) is 3.32. The summed E-state index contributed by atoms with van der Waals surface area (Å²) >= 11 is 0. The van der Waals surface area contributed by atoms with E-state index >= 15 is 0 Å². The lowest BCUT2D eigenvalue weighted by atomic mass is 10.1. The van der Waals surface area contributed by atoms with Crippen LogP contribution >= 0.6 is 12.4 Å². The van der Waals surface area contributed by atoms with Gasteiger partial charge in [0, 0.05) is 31.7 Å². The van der Waals surface area contributed by atoms with Gasteiger partial charge in [0.25, 0.3) is 0 Å². The third-order valence-corrected chi connectivity index (χ3v) is 3.27. The highest BCUT2D eigenvalue weighted by Gasteiger charge is 2.35. The van der Waals surface area contributed by atoms with E-state index in [1.165, 1.54) is 26.1 Å². The van der Waals surface area contributed by atoms with Crippen molar-refractivity contribution in [2.45, 2.75) is 25.4 Å². The van der Waals surface area contributed by atoms with Crippen LogP contribution in [0.2, 0.25) is 0 Å². The molecule has 0 radical (unpaired) electrons. The summed E-state index contributed by atoms with van der Waals surface area (Å²) in [7, 11) is 0. The molecule has 13 heavy (non-hydrogen) atoms. The smallest absolute Gasteiger partial charge is 0.0348 e. The lowest BCUT2D eigenvalue weighted by Crippen LogP contribution is -2.58. The van der Waals surface area contributed by atoms with Gasteiger partial charge in [-0.25, -0.2) is 0 Å². The molecule has 0 bridgehead atoms. The summed E-state index contributed by atoms with van der Waals surface area (Å²) in [4.78, 5) is 2.62. The number of rotatable bonds is 2. The third-order valence-electron chi connectivity index (χ3n) is 3.27. The maximum atomic E-state index is 5.68. The fourth-order valence-corrected chi connectivity index (χ4v) is 2.36. The first-order chi connectivity index (χ1) is 5.81. The van der Waals surface area contributed by atoms with Crippen LogP contribution in [0.3, 0.4) is 0 Å². The molecule has 3 nitrogen and oxygen atoms in total. The number of halogens is 1. The van der Waals surface area contributed by atoms with Gasteiger partial charge in [0.2, 0.25) is 0 Å². The van der Waals surface area contributed by atoms with Crippen molar-refractivity contribution >= 4 is 12.4 Å². The van der Waals surface area contributed by atoms with E-state index in [0.29, 0.717) is 0 Å². The van der Waals surface area contributed by atoms with Crippen LogP contribution in [0.1, 0.15) is 13.3 Å². The molecule has 4 heteroatoms. The molecule has 2 fully saturated rings. The van der Waals surface area contributed by atoms with Crippen LogP contribution in [-0.2, 0) is 0 Å². The zero-order chi connectivity index (χ0) is 8.55. The zero-order valence-electron chi connectivity index (χ0n) is 8.20. The van der Waals surface area contributed by atoms with Crippen molar-refractivity contribution in [2.24, 2.45) is 11.7 Å². The molecule has 2 unspecified atom stereocenters. The van der Waals surface area contributed by atoms with Gasteiger partial charge in [-0.3, -0.25) is 4.90 Å². The number of hydrogen-bond acceptors (Lipinski definition) is 3. The molecule has 0 spiro atoms. The monoisotopic (exact) mass is 205 g/mol. The summed E-state index contributed by atoms with van der Waals surface area (Å²) in [5.41, 5.74) is 5.68. The molecule has 3 N–H and O–H groups in total. The standard InChI is InChI=1S/C9H19N3.ClH/c1-7-2-8(3-10)6-12(7)9-4-11-5-9;/h7-9,11H,2-6,10H2,1H3;1H. The number of likely N-dealkylation sites (tertiary alicyclic amines) is 1. The van der Waals surface area contributed by atoms with E-state index in [0.717, 1.165) is 24.5 Å². The Balaban J connectivity index is 0.000000845. The molecule has 78 valence electrons. The van der Waals surface area contributed by atoms with Crippen molar-refractivity contribution in [3.05, 3.63) is 0 Å². The quantitative estimate of drug-likeness (QED) is 0.670. The highest BCUT2D eigenvalue weighted by Crippen LogP contribution is 2.25. The van der Waals surface area contributed by atoms with Gasteiger partial charge >= 0.3 is 0 Å². The average molecular weight is 206 g/mol. The van der Waals surface area contributed by atoms with Gasteiger partial charge in [0.15, 0.2) is 0 Å². The molecule has 2 heterocycles. The van der Waals surface area contributed by atoms with Crippen LogP contribution in [0.5, 0.6) is 0 Å². The van der Waals surface area contributed by atoms with E-state index in [1.54, 1.807) is 0 Å². The average Bonchev–Trinajstić information content (AvgIpc) is 2.29. The fraction of sp³-hybridized carbons (Fsp3) is 1.00. The second-order valence-electron chi connectivity index (χ2n) is 4.20. The van der Waals surface area contributed by atoms with Crippen molar-refractivity contribution in [3.63, 3.8) is 0 Å². The molecule has 0 aromatic carbocycles. The van der Waals surface area contributed by atoms with Crippen molar-refractivity contribution in [2.75, 3.05) is 26.2 Å². The van der Waals surface area contributed by atoms with Crippen LogP contribution in [0, 0.1) is 5.92 Å². The van der Waals surface area contributed by atoms with E-state index in [4.69, 9.17) is 5.73 Å². The van der Waals surface area contributed by atoms with Crippen LogP contribution in [0.4, 0.5) is 0 Å². The van der Waals surface area contributed by atoms with Gasteiger partial charge in [0.05, 0.1) is 0 Å². The molecule has 0 saturated carbocycles. The predicted molar refractivity (Wildman–Crippen MR) is 57.2 cm³/mol. The first kappa shape index (κ1) is 11.2. The Morgan fingerprint density at radius 1 is 1.46 bits per heavy atom. The third kappa shape index (κ3) is 2.15. The Hall–Kier alpha value is 0.170. The maximum absolute atomic E-state index is 5.68. The maximum Gasteiger partial charge on any atom is 0.0348 e. The minimum atomic E-state index is 0. The Morgan fingerprint density at radius 2 is 2.15 bits per heavy atom. The van der Waals surface area contributed by atoms with E-state index in [9.17, 15) is 0 Å². The van der Waals surface area contributed by atoms with E-state index in [2.05, 4.69) is 17.1 Å². The molecule has 2 saturated heterocycles. The van der Waals surface area contributed by atoms with E-state index < -0.39 is 0 Å². The number of nitrogens with zero attached hydrogens (tertiary/aromatic N) is 1. The predicted octanol–water partition coefficient (Wildman–Crippen LogP) is 0.0491. The summed E-state index contributed by atoms with van der Waals surface area (Å²) in [5.74, 6) is 0.751. The summed E-state index contributed by atoms with van der Waals surface area (Å²) in [6.45, 7) is 6.78. The highest BCUT2D eigenvalue weighted by molar-refractivity contribution is 5.85. The molecular weight excluding hydrogens is 186 g/mol. The molecule has 2 atom stereocenters. The molecule has 0 aliphatic carbocycles. The van der Waals surface area contributed by atoms with Crippen LogP contribution in [0.15, 0.2) is 0 Å². The number of nitrogens with one attached hydrogen (secondary N) is 1. The van der Waals surface area contributed by atoms with E-state index in [-0.39, 0.29) is 12.4 Å².